The molecule has 0 amide bonds. The maximum absolute atomic E-state index is 9.89. The van der Waals surface area contributed by atoms with Crippen LogP contribution in [0, 0.1) is 0 Å². The molecule has 0 aliphatic heterocycles. The quantitative estimate of drug-likeness (QED) is 0.228. The summed E-state index contributed by atoms with van der Waals surface area (Å²) in [5.41, 5.74) is 6.58. The van der Waals surface area contributed by atoms with Crippen LogP contribution < -0.4 is 10.9 Å². The molecule has 1 aromatic heterocycles. The summed E-state index contributed by atoms with van der Waals surface area (Å²) < 4.78 is 0. The van der Waals surface area contributed by atoms with E-state index in [0.717, 1.165) is 10.8 Å². The van der Waals surface area contributed by atoms with Crippen molar-refractivity contribution in [2.45, 2.75) is 0 Å². The van der Waals surface area contributed by atoms with Crippen LogP contribution in [0.15, 0.2) is 70.9 Å². The molecule has 0 radical (unpaired) electrons. The van der Waals surface area contributed by atoms with E-state index in [4.69, 9.17) is 23.2 Å². The highest BCUT2D eigenvalue weighted by Gasteiger charge is 2.08. The molecule has 4 rings (SSSR count). The molecular formula is C22H16Cl2N6O2. The summed E-state index contributed by atoms with van der Waals surface area (Å²) in [4.78, 5) is 0. The standard InChI is InChI=1S/C22H16Cl2N6O2/c23-15-5-7-19(31)13(9-15)11-25-27-21-17-3-1-2-4-18(17)22(30-29-21)28-26-12-14-10-16(24)6-8-20(14)32/h1-12,31-32H,(H,27,29)(H,28,30)/b25-11-,26-12-. The highest BCUT2D eigenvalue weighted by molar-refractivity contribution is 6.31. The number of nitrogens with zero attached hydrogens (tertiary/aromatic N) is 4. The molecule has 0 unspecified atom stereocenters. The number of aromatic hydroxyl groups is 2. The first-order chi connectivity index (χ1) is 15.5. The van der Waals surface area contributed by atoms with E-state index in [1.807, 2.05) is 24.3 Å². The Kier molecular flexibility index (Phi) is 6.34. The molecule has 0 aliphatic carbocycles. The molecule has 0 aliphatic rings. The fourth-order valence-electron chi connectivity index (χ4n) is 2.85. The molecule has 0 spiro atoms. The van der Waals surface area contributed by atoms with Crippen LogP contribution in [0.2, 0.25) is 10.0 Å². The first-order valence-electron chi connectivity index (χ1n) is 9.32. The number of rotatable bonds is 6. The van der Waals surface area contributed by atoms with Crippen LogP contribution in [0.5, 0.6) is 11.5 Å². The lowest BCUT2D eigenvalue weighted by Crippen LogP contribution is -2.01. The lowest BCUT2D eigenvalue weighted by Gasteiger charge is -2.08. The van der Waals surface area contributed by atoms with Crippen molar-refractivity contribution in [1.29, 1.82) is 0 Å². The Morgan fingerprint density at radius 3 is 1.56 bits per heavy atom. The van der Waals surface area contributed by atoms with Gasteiger partial charge in [-0.25, -0.2) is 0 Å². The Bertz CT molecular complexity index is 1240. The molecule has 1 heterocycles. The number of hydrazone groups is 2. The summed E-state index contributed by atoms with van der Waals surface area (Å²) >= 11 is 11.9. The molecule has 0 fully saturated rings. The summed E-state index contributed by atoms with van der Waals surface area (Å²) in [5.74, 6) is 0.943. The number of nitrogens with one attached hydrogen (secondary N) is 2. The van der Waals surface area contributed by atoms with Gasteiger partial charge in [0.25, 0.3) is 0 Å². The summed E-state index contributed by atoms with van der Waals surface area (Å²) in [7, 11) is 0. The Balaban J connectivity index is 1.56. The average molecular weight is 467 g/mol. The Morgan fingerprint density at radius 1 is 0.688 bits per heavy atom. The minimum absolute atomic E-state index is 0.0547. The van der Waals surface area contributed by atoms with Crippen molar-refractivity contribution in [2.24, 2.45) is 10.2 Å². The fraction of sp³-hybridized carbons (Fsp3) is 0. The van der Waals surface area contributed by atoms with Crippen LogP contribution in [0.3, 0.4) is 0 Å². The van der Waals surface area contributed by atoms with Crippen molar-refractivity contribution in [3.63, 3.8) is 0 Å². The second kappa shape index (κ2) is 9.51. The lowest BCUT2D eigenvalue weighted by molar-refractivity contribution is 0.474. The van der Waals surface area contributed by atoms with Crippen LogP contribution in [0.1, 0.15) is 11.1 Å². The zero-order valence-electron chi connectivity index (χ0n) is 16.4. The van der Waals surface area contributed by atoms with Gasteiger partial charge in [-0.05, 0) is 36.4 Å². The van der Waals surface area contributed by atoms with Crippen LogP contribution >= 0.6 is 23.2 Å². The smallest absolute Gasteiger partial charge is 0.176 e. The third-order valence-corrected chi connectivity index (χ3v) is 4.88. The molecule has 0 saturated carbocycles. The zero-order valence-corrected chi connectivity index (χ0v) is 17.9. The molecular weight excluding hydrogens is 451 g/mol. The van der Waals surface area contributed by atoms with E-state index in [0.29, 0.717) is 32.8 Å². The van der Waals surface area contributed by atoms with E-state index in [1.54, 1.807) is 24.3 Å². The van der Waals surface area contributed by atoms with Crippen molar-refractivity contribution in [1.82, 2.24) is 10.2 Å². The highest BCUT2D eigenvalue weighted by atomic mass is 35.5. The largest absolute Gasteiger partial charge is 0.507 e. The SMILES string of the molecule is Oc1ccc(Cl)cc1/C=N\Nc1nnc(N/N=C\c2cc(Cl)ccc2O)c2ccccc12. The predicted molar refractivity (Wildman–Crippen MR) is 128 cm³/mol. The number of aromatic nitrogens is 2. The summed E-state index contributed by atoms with van der Waals surface area (Å²) in [6.45, 7) is 0. The van der Waals surface area contributed by atoms with E-state index in [-0.39, 0.29) is 11.5 Å². The van der Waals surface area contributed by atoms with Crippen LogP contribution in [0.4, 0.5) is 11.6 Å². The molecule has 8 nitrogen and oxygen atoms in total. The summed E-state index contributed by atoms with van der Waals surface area (Å²) in [5, 5.41) is 38.8. The van der Waals surface area contributed by atoms with Crippen LogP contribution in [0.25, 0.3) is 10.8 Å². The van der Waals surface area contributed by atoms with Gasteiger partial charge in [-0.3, -0.25) is 10.9 Å². The van der Waals surface area contributed by atoms with Gasteiger partial charge in [-0.2, -0.15) is 10.2 Å². The molecule has 160 valence electrons. The van der Waals surface area contributed by atoms with E-state index in [9.17, 15) is 10.2 Å². The molecule has 4 N–H and O–H groups in total. The monoisotopic (exact) mass is 466 g/mol. The number of phenols is 2. The second-order valence-electron chi connectivity index (χ2n) is 6.59. The molecule has 3 aromatic carbocycles. The average Bonchev–Trinajstić information content (AvgIpc) is 2.79. The van der Waals surface area contributed by atoms with E-state index >= 15 is 0 Å². The molecule has 0 bridgehead atoms. The number of anilines is 2. The van der Waals surface area contributed by atoms with Gasteiger partial charge in [0.2, 0.25) is 0 Å². The predicted octanol–water partition coefficient (Wildman–Crippen LogP) is 5.24. The van der Waals surface area contributed by atoms with E-state index in [2.05, 4.69) is 31.3 Å². The minimum atomic E-state index is 0.0547. The van der Waals surface area contributed by atoms with Crippen molar-refractivity contribution in [2.75, 3.05) is 10.9 Å². The topological polar surface area (TPSA) is 115 Å². The van der Waals surface area contributed by atoms with Crippen LogP contribution in [-0.2, 0) is 0 Å². The number of phenolic OH excluding ortho intramolecular Hbond substituents is 2. The molecule has 32 heavy (non-hydrogen) atoms. The second-order valence-corrected chi connectivity index (χ2v) is 7.46. The molecule has 10 heteroatoms. The number of hydrogen-bond donors (Lipinski definition) is 4. The van der Waals surface area contributed by atoms with E-state index in [1.165, 1.54) is 24.6 Å². The highest BCUT2D eigenvalue weighted by Crippen LogP contribution is 2.26. The number of hydrogen-bond acceptors (Lipinski definition) is 8. The fourth-order valence-corrected chi connectivity index (χ4v) is 3.21. The molecule has 0 saturated heterocycles. The Morgan fingerprint density at radius 2 is 1.12 bits per heavy atom. The summed E-state index contributed by atoms with van der Waals surface area (Å²) in [6.07, 6.45) is 2.87. The van der Waals surface area contributed by atoms with Gasteiger partial charge in [-0.15, -0.1) is 10.2 Å². The maximum Gasteiger partial charge on any atom is 0.176 e. The first-order valence-corrected chi connectivity index (χ1v) is 10.1. The Labute approximate surface area is 192 Å². The van der Waals surface area contributed by atoms with Gasteiger partial charge in [0.05, 0.1) is 12.4 Å². The van der Waals surface area contributed by atoms with Crippen LogP contribution in [-0.4, -0.2) is 32.8 Å². The third kappa shape index (κ3) is 4.88. The van der Waals surface area contributed by atoms with Crippen molar-refractivity contribution >= 4 is 58.0 Å². The first kappa shape index (κ1) is 21.4. The number of fused-ring (bicyclic) bond motifs is 1. The maximum atomic E-state index is 9.89. The third-order valence-electron chi connectivity index (χ3n) is 4.41. The van der Waals surface area contributed by atoms with Gasteiger partial charge < -0.3 is 10.2 Å². The van der Waals surface area contributed by atoms with Crippen molar-refractivity contribution < 1.29 is 10.2 Å². The zero-order chi connectivity index (χ0) is 22.5. The molecule has 0 atom stereocenters. The van der Waals surface area contributed by atoms with Gasteiger partial charge in [-0.1, -0.05) is 47.5 Å². The van der Waals surface area contributed by atoms with E-state index < -0.39 is 0 Å². The number of benzene rings is 3. The van der Waals surface area contributed by atoms with Gasteiger partial charge in [0.1, 0.15) is 11.5 Å². The van der Waals surface area contributed by atoms with Crippen molar-refractivity contribution in [3.05, 3.63) is 81.8 Å². The number of halogens is 2. The normalized spacial score (nSPS) is 11.4. The molecule has 4 aromatic rings. The lowest BCUT2D eigenvalue weighted by atomic mass is 10.2. The summed E-state index contributed by atoms with van der Waals surface area (Å²) in [6, 6.07) is 16.8. The van der Waals surface area contributed by atoms with Crippen molar-refractivity contribution in [3.8, 4) is 11.5 Å². The van der Waals surface area contributed by atoms with Gasteiger partial charge >= 0.3 is 0 Å². The Hall–Kier alpha value is -3.88. The van der Waals surface area contributed by atoms with Gasteiger partial charge in [0.15, 0.2) is 11.6 Å². The van der Waals surface area contributed by atoms with Gasteiger partial charge in [0, 0.05) is 31.9 Å². The minimum Gasteiger partial charge on any atom is -0.507 e.